The number of likely N-dealkylation sites (N-methyl/N-ethyl adjacent to an activating group) is 1. The Morgan fingerprint density at radius 2 is 1.96 bits per heavy atom. The molecule has 2 aromatic rings. The van der Waals surface area contributed by atoms with Gasteiger partial charge in [-0.25, -0.2) is 9.97 Å². The standard InChI is InChI=1S/C19H26N4O2/c1-22(18-11-19(25-3)21-14-20-18)16-5-4-10-23(13-16)12-15-6-8-17(24-2)9-7-15/h6-9,11,14,16H,4-5,10,12-13H2,1-3H3. The van der Waals surface area contributed by atoms with Crippen molar-refractivity contribution in [3.8, 4) is 11.6 Å². The number of nitrogens with zero attached hydrogens (tertiary/aromatic N) is 4. The van der Waals surface area contributed by atoms with Gasteiger partial charge in [0, 0.05) is 32.2 Å². The van der Waals surface area contributed by atoms with Crippen LogP contribution < -0.4 is 14.4 Å². The predicted octanol–water partition coefficient (Wildman–Crippen LogP) is 2.59. The molecular weight excluding hydrogens is 316 g/mol. The van der Waals surface area contributed by atoms with Crippen molar-refractivity contribution in [2.75, 3.05) is 39.3 Å². The predicted molar refractivity (Wildman–Crippen MR) is 98.3 cm³/mol. The molecule has 1 fully saturated rings. The maximum absolute atomic E-state index is 5.23. The molecule has 0 aliphatic carbocycles. The molecule has 1 aliphatic rings. The summed E-state index contributed by atoms with van der Waals surface area (Å²) in [6, 6.07) is 10.7. The highest BCUT2D eigenvalue weighted by Crippen LogP contribution is 2.23. The van der Waals surface area contributed by atoms with Crippen molar-refractivity contribution in [3.05, 3.63) is 42.2 Å². The van der Waals surface area contributed by atoms with Crippen LogP contribution in [0.2, 0.25) is 0 Å². The van der Waals surface area contributed by atoms with Crippen molar-refractivity contribution in [2.45, 2.75) is 25.4 Å². The first-order chi connectivity index (χ1) is 12.2. The maximum Gasteiger partial charge on any atom is 0.218 e. The lowest BCUT2D eigenvalue weighted by Crippen LogP contribution is -2.46. The van der Waals surface area contributed by atoms with E-state index in [0.29, 0.717) is 11.9 Å². The van der Waals surface area contributed by atoms with Crippen LogP contribution >= 0.6 is 0 Å². The van der Waals surface area contributed by atoms with Gasteiger partial charge in [0.05, 0.1) is 14.2 Å². The van der Waals surface area contributed by atoms with Crippen LogP contribution in [0.25, 0.3) is 0 Å². The number of likely N-dealkylation sites (tertiary alicyclic amines) is 1. The Balaban J connectivity index is 1.63. The molecular formula is C19H26N4O2. The van der Waals surface area contributed by atoms with Crippen LogP contribution in [0.4, 0.5) is 5.82 Å². The van der Waals surface area contributed by atoms with E-state index in [1.165, 1.54) is 18.4 Å². The Morgan fingerprint density at radius 3 is 2.68 bits per heavy atom. The molecule has 2 heterocycles. The van der Waals surface area contributed by atoms with E-state index in [1.54, 1.807) is 20.5 Å². The van der Waals surface area contributed by atoms with Gasteiger partial charge in [0.25, 0.3) is 0 Å². The van der Waals surface area contributed by atoms with Gasteiger partial charge < -0.3 is 14.4 Å². The van der Waals surface area contributed by atoms with Gasteiger partial charge in [-0.1, -0.05) is 12.1 Å². The van der Waals surface area contributed by atoms with Crippen LogP contribution in [0.5, 0.6) is 11.6 Å². The zero-order chi connectivity index (χ0) is 17.6. The van der Waals surface area contributed by atoms with E-state index in [0.717, 1.165) is 31.2 Å². The van der Waals surface area contributed by atoms with Gasteiger partial charge in [0.2, 0.25) is 5.88 Å². The van der Waals surface area contributed by atoms with E-state index in [-0.39, 0.29) is 0 Å². The van der Waals surface area contributed by atoms with Crippen LogP contribution in [-0.2, 0) is 6.54 Å². The molecule has 1 saturated heterocycles. The van der Waals surface area contributed by atoms with Crippen LogP contribution in [0.15, 0.2) is 36.7 Å². The average molecular weight is 342 g/mol. The second-order valence-corrected chi connectivity index (χ2v) is 6.41. The Hall–Kier alpha value is -2.34. The van der Waals surface area contributed by atoms with Crippen LogP contribution in [0, 0.1) is 0 Å². The summed E-state index contributed by atoms with van der Waals surface area (Å²) in [6.45, 7) is 3.11. The normalized spacial score (nSPS) is 18.0. The van der Waals surface area contributed by atoms with E-state index in [1.807, 2.05) is 18.2 Å². The van der Waals surface area contributed by atoms with E-state index >= 15 is 0 Å². The van der Waals surface area contributed by atoms with Crippen LogP contribution in [-0.4, -0.2) is 55.3 Å². The number of ether oxygens (including phenoxy) is 2. The molecule has 1 aromatic heterocycles. The number of hydrogen-bond donors (Lipinski definition) is 0. The summed E-state index contributed by atoms with van der Waals surface area (Å²) in [5.41, 5.74) is 1.31. The lowest BCUT2D eigenvalue weighted by Gasteiger charge is -2.38. The number of piperidine rings is 1. The second kappa shape index (κ2) is 8.16. The minimum atomic E-state index is 0.437. The molecule has 0 saturated carbocycles. The maximum atomic E-state index is 5.23. The first kappa shape index (κ1) is 17.5. The van der Waals surface area contributed by atoms with E-state index in [4.69, 9.17) is 9.47 Å². The van der Waals surface area contributed by atoms with E-state index < -0.39 is 0 Å². The second-order valence-electron chi connectivity index (χ2n) is 6.41. The van der Waals surface area contributed by atoms with Crippen LogP contribution in [0.1, 0.15) is 18.4 Å². The Morgan fingerprint density at radius 1 is 1.16 bits per heavy atom. The molecule has 1 aliphatic heterocycles. The molecule has 1 aromatic carbocycles. The number of aromatic nitrogens is 2. The third-order valence-electron chi connectivity index (χ3n) is 4.79. The summed E-state index contributed by atoms with van der Waals surface area (Å²) in [6.07, 6.45) is 3.91. The lowest BCUT2D eigenvalue weighted by atomic mass is 10.0. The highest BCUT2D eigenvalue weighted by molar-refractivity contribution is 5.41. The van der Waals surface area contributed by atoms with Gasteiger partial charge in [0.1, 0.15) is 17.9 Å². The fourth-order valence-electron chi connectivity index (χ4n) is 3.30. The zero-order valence-corrected chi connectivity index (χ0v) is 15.2. The van der Waals surface area contributed by atoms with Crippen LogP contribution in [0.3, 0.4) is 0 Å². The fraction of sp³-hybridized carbons (Fsp3) is 0.474. The first-order valence-corrected chi connectivity index (χ1v) is 8.63. The minimum absolute atomic E-state index is 0.437. The van der Waals surface area contributed by atoms with Crippen molar-refractivity contribution >= 4 is 5.82 Å². The number of methoxy groups -OCH3 is 2. The molecule has 25 heavy (non-hydrogen) atoms. The third kappa shape index (κ3) is 4.39. The van der Waals surface area contributed by atoms with Gasteiger partial charge in [-0.2, -0.15) is 0 Å². The molecule has 6 nitrogen and oxygen atoms in total. The van der Waals surface area contributed by atoms with E-state index in [9.17, 15) is 0 Å². The molecule has 0 amide bonds. The molecule has 0 spiro atoms. The molecule has 0 bridgehead atoms. The minimum Gasteiger partial charge on any atom is -0.497 e. The highest BCUT2D eigenvalue weighted by atomic mass is 16.5. The smallest absolute Gasteiger partial charge is 0.218 e. The van der Waals surface area contributed by atoms with Gasteiger partial charge in [-0.05, 0) is 37.1 Å². The summed E-state index contributed by atoms with van der Waals surface area (Å²) in [4.78, 5) is 13.2. The number of hydrogen-bond acceptors (Lipinski definition) is 6. The summed E-state index contributed by atoms with van der Waals surface area (Å²) >= 11 is 0. The molecule has 1 unspecified atom stereocenters. The average Bonchev–Trinajstić information content (AvgIpc) is 2.68. The fourth-order valence-corrected chi connectivity index (χ4v) is 3.30. The molecule has 0 N–H and O–H groups in total. The zero-order valence-electron chi connectivity index (χ0n) is 15.2. The molecule has 134 valence electrons. The topological polar surface area (TPSA) is 50.7 Å². The van der Waals surface area contributed by atoms with Crippen molar-refractivity contribution < 1.29 is 9.47 Å². The first-order valence-electron chi connectivity index (χ1n) is 8.63. The van der Waals surface area contributed by atoms with Crippen molar-refractivity contribution in [3.63, 3.8) is 0 Å². The summed E-state index contributed by atoms with van der Waals surface area (Å²) in [5, 5.41) is 0. The molecule has 1 atom stereocenters. The van der Waals surface area contributed by atoms with Gasteiger partial charge in [0.15, 0.2) is 0 Å². The number of anilines is 1. The summed E-state index contributed by atoms with van der Waals surface area (Å²) in [7, 11) is 5.43. The van der Waals surface area contributed by atoms with Crippen molar-refractivity contribution in [2.24, 2.45) is 0 Å². The Bertz CT molecular complexity index is 677. The molecule has 6 heteroatoms. The summed E-state index contributed by atoms with van der Waals surface area (Å²) in [5.74, 6) is 2.41. The largest absolute Gasteiger partial charge is 0.497 e. The van der Waals surface area contributed by atoms with Gasteiger partial charge >= 0.3 is 0 Å². The Labute approximate surface area is 149 Å². The third-order valence-corrected chi connectivity index (χ3v) is 4.79. The SMILES string of the molecule is COc1ccc(CN2CCCC(N(C)c3cc(OC)ncn3)C2)cc1. The highest BCUT2D eigenvalue weighted by Gasteiger charge is 2.24. The number of rotatable bonds is 6. The number of benzene rings is 1. The quantitative estimate of drug-likeness (QED) is 0.804. The van der Waals surface area contributed by atoms with Crippen molar-refractivity contribution in [1.82, 2.24) is 14.9 Å². The lowest BCUT2D eigenvalue weighted by molar-refractivity contribution is 0.198. The van der Waals surface area contributed by atoms with Gasteiger partial charge in [-0.15, -0.1) is 0 Å². The molecule has 0 radical (unpaired) electrons. The van der Waals surface area contributed by atoms with Crippen molar-refractivity contribution in [1.29, 1.82) is 0 Å². The van der Waals surface area contributed by atoms with E-state index in [2.05, 4.69) is 38.9 Å². The monoisotopic (exact) mass is 342 g/mol. The Kier molecular flexibility index (Phi) is 5.71. The van der Waals surface area contributed by atoms with Gasteiger partial charge in [-0.3, -0.25) is 4.90 Å². The molecule has 3 rings (SSSR count). The summed E-state index contributed by atoms with van der Waals surface area (Å²) < 4.78 is 10.4.